The monoisotopic (exact) mass is 202 g/mol. The molecular weight excluding hydrogens is 195 g/mol. The Hall–Kier alpha value is -0.370. The molecule has 0 atom stereocenters. The quantitative estimate of drug-likeness (QED) is 0.648. The van der Waals surface area contributed by atoms with E-state index in [1.165, 1.54) is 0 Å². The molecule has 0 aliphatic heterocycles. The summed E-state index contributed by atoms with van der Waals surface area (Å²) in [5, 5.41) is 0.729. The molecule has 0 unspecified atom stereocenters. The highest BCUT2D eigenvalue weighted by Gasteiger charge is 1.96. The van der Waals surface area contributed by atoms with Gasteiger partial charge in [-0.05, 0) is 11.1 Å². The van der Waals surface area contributed by atoms with Gasteiger partial charge in [-0.2, -0.15) is 0 Å². The smallest absolute Gasteiger partial charge is 0.115 e. The van der Waals surface area contributed by atoms with E-state index in [0.717, 1.165) is 16.5 Å². The molecular formula is C8H8BrF. The molecule has 1 aromatic carbocycles. The Bertz CT molecular complexity index is 187. The highest BCUT2D eigenvalue weighted by Crippen LogP contribution is 2.12. The predicted octanol–water partition coefficient (Wildman–Crippen LogP) is 3.05. The third-order valence-corrected chi connectivity index (χ3v) is 2.01. The van der Waals surface area contributed by atoms with Crippen molar-refractivity contribution >= 4 is 15.9 Å². The number of hydrogen-bond acceptors (Lipinski definition) is 0. The molecule has 0 radical (unpaired) electrons. The Morgan fingerprint density at radius 1 is 1.20 bits per heavy atom. The normalized spacial score (nSPS) is 9.80. The summed E-state index contributed by atoms with van der Waals surface area (Å²) in [6.07, 6.45) is 0. The van der Waals surface area contributed by atoms with Gasteiger partial charge in [0.15, 0.2) is 0 Å². The van der Waals surface area contributed by atoms with E-state index in [1.54, 1.807) is 6.07 Å². The van der Waals surface area contributed by atoms with Gasteiger partial charge in [0.25, 0.3) is 0 Å². The average Bonchev–Trinajstić information content (AvgIpc) is 2.04. The standard InChI is InChI=1S/C8H8BrF/c9-5-7-3-1-2-4-8(7)6-10/h1-4H,5-6H2. The first-order chi connectivity index (χ1) is 4.88. The Balaban J connectivity index is 2.96. The maximum atomic E-state index is 12.2. The molecule has 0 aliphatic carbocycles. The summed E-state index contributed by atoms with van der Waals surface area (Å²) in [6.45, 7) is -0.373. The van der Waals surface area contributed by atoms with E-state index < -0.39 is 0 Å². The zero-order chi connectivity index (χ0) is 7.40. The summed E-state index contributed by atoms with van der Waals surface area (Å²) in [6, 6.07) is 7.48. The molecule has 1 aromatic rings. The van der Waals surface area contributed by atoms with E-state index in [-0.39, 0.29) is 6.67 Å². The van der Waals surface area contributed by atoms with E-state index in [1.807, 2.05) is 18.2 Å². The number of alkyl halides is 2. The molecule has 0 nitrogen and oxygen atoms in total. The van der Waals surface area contributed by atoms with E-state index in [2.05, 4.69) is 15.9 Å². The third kappa shape index (κ3) is 1.57. The van der Waals surface area contributed by atoms with Crippen LogP contribution in [-0.4, -0.2) is 0 Å². The van der Waals surface area contributed by atoms with Crippen LogP contribution in [0, 0.1) is 0 Å². The predicted molar refractivity (Wildman–Crippen MR) is 43.9 cm³/mol. The highest BCUT2D eigenvalue weighted by molar-refractivity contribution is 9.08. The van der Waals surface area contributed by atoms with Crippen LogP contribution in [0.25, 0.3) is 0 Å². The van der Waals surface area contributed by atoms with Crippen molar-refractivity contribution in [3.8, 4) is 0 Å². The Labute approximate surface area is 68.2 Å². The average molecular weight is 203 g/mol. The van der Waals surface area contributed by atoms with Crippen LogP contribution < -0.4 is 0 Å². The van der Waals surface area contributed by atoms with E-state index in [0.29, 0.717) is 0 Å². The molecule has 0 N–H and O–H groups in total. The Morgan fingerprint density at radius 2 is 1.80 bits per heavy atom. The molecule has 0 aromatic heterocycles. The first-order valence-corrected chi connectivity index (χ1v) is 4.19. The third-order valence-electron chi connectivity index (χ3n) is 1.41. The summed E-state index contributed by atoms with van der Waals surface area (Å²) in [4.78, 5) is 0. The minimum Gasteiger partial charge on any atom is -0.246 e. The van der Waals surface area contributed by atoms with Crippen molar-refractivity contribution in [3.63, 3.8) is 0 Å². The molecule has 54 valence electrons. The maximum absolute atomic E-state index is 12.2. The molecule has 0 fully saturated rings. The highest BCUT2D eigenvalue weighted by atomic mass is 79.9. The van der Waals surface area contributed by atoms with Gasteiger partial charge >= 0.3 is 0 Å². The van der Waals surface area contributed by atoms with Crippen molar-refractivity contribution in [1.82, 2.24) is 0 Å². The van der Waals surface area contributed by atoms with Crippen molar-refractivity contribution in [2.75, 3.05) is 0 Å². The molecule has 1 rings (SSSR count). The fourth-order valence-corrected chi connectivity index (χ4v) is 1.37. The van der Waals surface area contributed by atoms with Gasteiger partial charge in [-0.25, -0.2) is 4.39 Å². The lowest BCUT2D eigenvalue weighted by Crippen LogP contribution is -1.85. The Kier molecular flexibility index (Phi) is 2.87. The molecule has 10 heavy (non-hydrogen) atoms. The fourth-order valence-electron chi connectivity index (χ4n) is 0.818. The lowest BCUT2D eigenvalue weighted by atomic mass is 10.1. The topological polar surface area (TPSA) is 0 Å². The van der Waals surface area contributed by atoms with Gasteiger partial charge < -0.3 is 0 Å². The lowest BCUT2D eigenvalue weighted by molar-refractivity contribution is 0.483. The van der Waals surface area contributed by atoms with Gasteiger partial charge in [0.1, 0.15) is 6.67 Å². The van der Waals surface area contributed by atoms with Gasteiger partial charge in [0, 0.05) is 5.33 Å². The van der Waals surface area contributed by atoms with Crippen molar-refractivity contribution < 1.29 is 4.39 Å². The van der Waals surface area contributed by atoms with Crippen LogP contribution in [0.1, 0.15) is 11.1 Å². The number of halogens is 2. The van der Waals surface area contributed by atoms with Gasteiger partial charge in [0.2, 0.25) is 0 Å². The van der Waals surface area contributed by atoms with Crippen molar-refractivity contribution in [2.45, 2.75) is 12.0 Å². The van der Waals surface area contributed by atoms with Crippen LogP contribution in [-0.2, 0) is 12.0 Å². The van der Waals surface area contributed by atoms with Crippen LogP contribution in [0.2, 0.25) is 0 Å². The fraction of sp³-hybridized carbons (Fsp3) is 0.250. The first-order valence-electron chi connectivity index (χ1n) is 3.07. The van der Waals surface area contributed by atoms with Crippen molar-refractivity contribution in [3.05, 3.63) is 35.4 Å². The van der Waals surface area contributed by atoms with Crippen LogP contribution in [0.4, 0.5) is 4.39 Å². The molecule has 0 saturated heterocycles. The van der Waals surface area contributed by atoms with Crippen LogP contribution in [0.3, 0.4) is 0 Å². The number of rotatable bonds is 2. The SMILES string of the molecule is FCc1ccccc1CBr. The Morgan fingerprint density at radius 3 is 2.20 bits per heavy atom. The molecule has 0 bridgehead atoms. The minimum absolute atomic E-state index is 0.373. The molecule has 0 aliphatic rings. The molecule has 0 heterocycles. The van der Waals surface area contributed by atoms with Crippen LogP contribution >= 0.6 is 15.9 Å². The van der Waals surface area contributed by atoms with Crippen LogP contribution in [0.15, 0.2) is 24.3 Å². The van der Waals surface area contributed by atoms with Crippen molar-refractivity contribution in [1.29, 1.82) is 0 Å². The first kappa shape index (κ1) is 7.73. The van der Waals surface area contributed by atoms with Crippen molar-refractivity contribution in [2.24, 2.45) is 0 Å². The zero-order valence-electron chi connectivity index (χ0n) is 5.48. The summed E-state index contributed by atoms with van der Waals surface area (Å²) >= 11 is 3.28. The second-order valence-corrected chi connectivity index (χ2v) is 2.60. The van der Waals surface area contributed by atoms with E-state index >= 15 is 0 Å². The van der Waals surface area contributed by atoms with Crippen LogP contribution in [0.5, 0.6) is 0 Å². The van der Waals surface area contributed by atoms with E-state index in [9.17, 15) is 4.39 Å². The minimum atomic E-state index is -0.373. The summed E-state index contributed by atoms with van der Waals surface area (Å²) in [5.74, 6) is 0. The lowest BCUT2D eigenvalue weighted by Gasteiger charge is -1.99. The van der Waals surface area contributed by atoms with Gasteiger partial charge in [-0.3, -0.25) is 0 Å². The zero-order valence-corrected chi connectivity index (χ0v) is 7.07. The molecule has 2 heteroatoms. The second kappa shape index (κ2) is 3.71. The number of hydrogen-bond donors (Lipinski definition) is 0. The second-order valence-electron chi connectivity index (χ2n) is 2.04. The maximum Gasteiger partial charge on any atom is 0.115 e. The summed E-state index contributed by atoms with van der Waals surface area (Å²) in [5.41, 5.74) is 1.81. The molecule has 0 saturated carbocycles. The molecule has 0 spiro atoms. The summed E-state index contributed by atoms with van der Waals surface area (Å²) in [7, 11) is 0. The molecule has 0 amide bonds. The number of benzene rings is 1. The van der Waals surface area contributed by atoms with Gasteiger partial charge in [0.05, 0.1) is 0 Å². The van der Waals surface area contributed by atoms with E-state index in [4.69, 9.17) is 0 Å². The van der Waals surface area contributed by atoms with Gasteiger partial charge in [-0.1, -0.05) is 40.2 Å². The largest absolute Gasteiger partial charge is 0.246 e. The summed E-state index contributed by atoms with van der Waals surface area (Å²) < 4.78 is 12.2. The van der Waals surface area contributed by atoms with Gasteiger partial charge in [-0.15, -0.1) is 0 Å².